The highest BCUT2D eigenvalue weighted by Gasteiger charge is 2.16. The van der Waals surface area contributed by atoms with Gasteiger partial charge in [-0.15, -0.1) is 12.4 Å². The number of ether oxygens (including phenoxy) is 2. The fourth-order valence-corrected chi connectivity index (χ4v) is 2.95. The van der Waals surface area contributed by atoms with Gasteiger partial charge < -0.3 is 14.8 Å². The Morgan fingerprint density at radius 1 is 1.14 bits per heavy atom. The summed E-state index contributed by atoms with van der Waals surface area (Å²) in [4.78, 5) is 0. The van der Waals surface area contributed by atoms with Crippen LogP contribution >= 0.6 is 24.0 Å². The van der Waals surface area contributed by atoms with E-state index in [1.165, 1.54) is 25.7 Å². The second-order valence-corrected chi connectivity index (χ2v) is 5.54. The molecule has 1 aliphatic carbocycles. The van der Waals surface area contributed by atoms with E-state index in [1.807, 2.05) is 26.0 Å². The molecule has 1 aromatic rings. The third-order valence-corrected chi connectivity index (χ3v) is 3.89. The summed E-state index contributed by atoms with van der Waals surface area (Å²) in [5.41, 5.74) is 1.15. The normalized spacial score (nSPS) is 14.8. The lowest BCUT2D eigenvalue weighted by Crippen LogP contribution is -2.25. The van der Waals surface area contributed by atoms with Gasteiger partial charge in [-0.3, -0.25) is 0 Å². The summed E-state index contributed by atoms with van der Waals surface area (Å²) in [5, 5.41) is 4.22. The molecule has 1 aliphatic rings. The van der Waals surface area contributed by atoms with Crippen LogP contribution in [0.15, 0.2) is 12.1 Å². The van der Waals surface area contributed by atoms with E-state index in [-0.39, 0.29) is 12.4 Å². The topological polar surface area (TPSA) is 30.5 Å². The van der Waals surface area contributed by atoms with E-state index in [0.717, 1.165) is 17.9 Å². The summed E-state index contributed by atoms with van der Waals surface area (Å²) in [6.07, 6.45) is 5.24. The van der Waals surface area contributed by atoms with Gasteiger partial charge in [0, 0.05) is 12.6 Å². The molecular weight excluding hydrogens is 309 g/mol. The molecule has 1 N–H and O–H groups in total. The first-order valence-electron chi connectivity index (χ1n) is 7.56. The summed E-state index contributed by atoms with van der Waals surface area (Å²) >= 11 is 6.31. The van der Waals surface area contributed by atoms with Crippen LogP contribution in [0.4, 0.5) is 0 Å². The van der Waals surface area contributed by atoms with Gasteiger partial charge in [0.25, 0.3) is 0 Å². The van der Waals surface area contributed by atoms with E-state index in [1.54, 1.807) is 0 Å². The lowest BCUT2D eigenvalue weighted by atomic mass is 10.1. The van der Waals surface area contributed by atoms with Gasteiger partial charge in [-0.05, 0) is 44.4 Å². The fourth-order valence-electron chi connectivity index (χ4n) is 2.66. The molecule has 0 aliphatic heterocycles. The monoisotopic (exact) mass is 333 g/mol. The zero-order valence-corrected chi connectivity index (χ0v) is 14.4. The van der Waals surface area contributed by atoms with Crippen molar-refractivity contribution in [1.29, 1.82) is 0 Å². The molecular formula is C16H25Cl2NO2. The van der Waals surface area contributed by atoms with Crippen molar-refractivity contribution >= 4 is 24.0 Å². The Morgan fingerprint density at radius 3 is 2.43 bits per heavy atom. The molecule has 0 amide bonds. The molecule has 0 heterocycles. The second-order valence-electron chi connectivity index (χ2n) is 5.13. The minimum absolute atomic E-state index is 0. The maximum absolute atomic E-state index is 6.31. The predicted molar refractivity (Wildman–Crippen MR) is 90.1 cm³/mol. The van der Waals surface area contributed by atoms with Gasteiger partial charge in [0.2, 0.25) is 0 Å². The first kappa shape index (κ1) is 18.4. The fraction of sp³-hybridized carbons (Fsp3) is 0.625. The van der Waals surface area contributed by atoms with Gasteiger partial charge in [0.1, 0.15) is 0 Å². The van der Waals surface area contributed by atoms with Crippen molar-refractivity contribution in [3.05, 3.63) is 22.7 Å². The number of benzene rings is 1. The summed E-state index contributed by atoms with van der Waals surface area (Å²) in [7, 11) is 0. The minimum atomic E-state index is 0. The van der Waals surface area contributed by atoms with Crippen LogP contribution in [0.5, 0.6) is 11.5 Å². The largest absolute Gasteiger partial charge is 0.490 e. The Kier molecular flexibility index (Phi) is 8.23. The van der Waals surface area contributed by atoms with Crippen LogP contribution in [0.3, 0.4) is 0 Å². The van der Waals surface area contributed by atoms with Gasteiger partial charge in [0.15, 0.2) is 11.5 Å². The lowest BCUT2D eigenvalue weighted by Gasteiger charge is -2.16. The predicted octanol–water partition coefficient (Wildman–Crippen LogP) is 4.59. The van der Waals surface area contributed by atoms with Crippen molar-refractivity contribution in [3.8, 4) is 11.5 Å². The molecule has 1 saturated carbocycles. The molecule has 120 valence electrons. The molecule has 0 radical (unpaired) electrons. The van der Waals surface area contributed by atoms with Crippen LogP contribution in [-0.4, -0.2) is 19.3 Å². The minimum Gasteiger partial charge on any atom is -0.490 e. The van der Waals surface area contributed by atoms with Crippen LogP contribution in [0.1, 0.15) is 45.1 Å². The molecule has 5 heteroatoms. The van der Waals surface area contributed by atoms with Crippen molar-refractivity contribution in [2.45, 2.75) is 52.1 Å². The van der Waals surface area contributed by atoms with Gasteiger partial charge in [-0.1, -0.05) is 24.4 Å². The molecule has 0 spiro atoms. The van der Waals surface area contributed by atoms with Gasteiger partial charge in [-0.2, -0.15) is 0 Å². The molecule has 0 unspecified atom stereocenters. The van der Waals surface area contributed by atoms with E-state index in [4.69, 9.17) is 21.1 Å². The SMILES string of the molecule is CCOc1cc(CNC2CCCC2)cc(Cl)c1OCC.Cl. The molecule has 0 aromatic heterocycles. The number of nitrogens with one attached hydrogen (secondary N) is 1. The highest BCUT2D eigenvalue weighted by Crippen LogP contribution is 2.36. The van der Waals surface area contributed by atoms with Crippen molar-refractivity contribution in [2.75, 3.05) is 13.2 Å². The van der Waals surface area contributed by atoms with Crippen molar-refractivity contribution in [2.24, 2.45) is 0 Å². The van der Waals surface area contributed by atoms with Crippen LogP contribution in [0.25, 0.3) is 0 Å². The number of halogens is 2. The average Bonchev–Trinajstić information content (AvgIpc) is 2.94. The lowest BCUT2D eigenvalue weighted by molar-refractivity contribution is 0.287. The van der Waals surface area contributed by atoms with E-state index in [0.29, 0.717) is 30.0 Å². The molecule has 3 nitrogen and oxygen atoms in total. The molecule has 2 rings (SSSR count). The first-order chi connectivity index (χ1) is 9.74. The van der Waals surface area contributed by atoms with Crippen molar-refractivity contribution < 1.29 is 9.47 Å². The molecule has 0 saturated heterocycles. The zero-order chi connectivity index (χ0) is 14.4. The Labute approximate surface area is 138 Å². The Morgan fingerprint density at radius 2 is 1.81 bits per heavy atom. The molecule has 21 heavy (non-hydrogen) atoms. The zero-order valence-electron chi connectivity index (χ0n) is 12.8. The smallest absolute Gasteiger partial charge is 0.179 e. The van der Waals surface area contributed by atoms with E-state index < -0.39 is 0 Å². The van der Waals surface area contributed by atoms with Crippen LogP contribution < -0.4 is 14.8 Å². The molecule has 1 aromatic carbocycles. The number of hydrogen-bond donors (Lipinski definition) is 1. The highest BCUT2D eigenvalue weighted by atomic mass is 35.5. The highest BCUT2D eigenvalue weighted by molar-refractivity contribution is 6.32. The third kappa shape index (κ3) is 5.24. The summed E-state index contributed by atoms with van der Waals surface area (Å²) in [6, 6.07) is 4.65. The van der Waals surface area contributed by atoms with E-state index in [9.17, 15) is 0 Å². The van der Waals surface area contributed by atoms with Crippen molar-refractivity contribution in [3.63, 3.8) is 0 Å². The maximum atomic E-state index is 6.31. The quantitative estimate of drug-likeness (QED) is 0.791. The van der Waals surface area contributed by atoms with E-state index in [2.05, 4.69) is 5.32 Å². The van der Waals surface area contributed by atoms with Gasteiger partial charge >= 0.3 is 0 Å². The van der Waals surface area contributed by atoms with E-state index >= 15 is 0 Å². The van der Waals surface area contributed by atoms with Gasteiger partial charge in [0.05, 0.1) is 18.2 Å². The average molecular weight is 334 g/mol. The van der Waals surface area contributed by atoms with Crippen LogP contribution in [-0.2, 0) is 6.54 Å². The Bertz CT molecular complexity index is 435. The standard InChI is InChI=1S/C16H24ClNO2.ClH/c1-3-19-15-10-12(9-14(17)16(15)20-4-2)11-18-13-7-5-6-8-13;/h9-10,13,18H,3-8,11H2,1-2H3;1H. The summed E-state index contributed by atoms with van der Waals surface area (Å²) < 4.78 is 11.2. The van der Waals surface area contributed by atoms with Gasteiger partial charge in [-0.25, -0.2) is 0 Å². The molecule has 1 fully saturated rings. The third-order valence-electron chi connectivity index (χ3n) is 3.61. The first-order valence-corrected chi connectivity index (χ1v) is 7.93. The molecule has 0 bridgehead atoms. The second kappa shape index (κ2) is 9.39. The Hall–Kier alpha value is -0.640. The summed E-state index contributed by atoms with van der Waals surface area (Å²) in [5.74, 6) is 1.39. The van der Waals surface area contributed by atoms with Crippen molar-refractivity contribution in [1.82, 2.24) is 5.32 Å². The van der Waals surface area contributed by atoms with Crippen LogP contribution in [0.2, 0.25) is 5.02 Å². The summed E-state index contributed by atoms with van der Waals surface area (Å²) in [6.45, 7) is 5.93. The Balaban J connectivity index is 0.00000220. The van der Waals surface area contributed by atoms with Crippen LogP contribution in [0, 0.1) is 0 Å². The maximum Gasteiger partial charge on any atom is 0.179 e. The number of rotatable bonds is 7. The molecule has 0 atom stereocenters. The number of hydrogen-bond acceptors (Lipinski definition) is 3.